The van der Waals surface area contributed by atoms with Crippen LogP contribution in [0.2, 0.25) is 0 Å². The van der Waals surface area contributed by atoms with Gasteiger partial charge in [0.15, 0.2) is 11.5 Å². The van der Waals surface area contributed by atoms with Crippen molar-refractivity contribution in [2.24, 2.45) is 0 Å². The Balaban J connectivity index is 1.74. The number of aromatic nitrogens is 1. The van der Waals surface area contributed by atoms with Gasteiger partial charge in [0.05, 0.1) is 19.8 Å². The van der Waals surface area contributed by atoms with Crippen molar-refractivity contribution in [2.45, 2.75) is 32.9 Å². The Morgan fingerprint density at radius 1 is 1.15 bits per heavy atom. The van der Waals surface area contributed by atoms with Crippen LogP contribution in [0.25, 0.3) is 0 Å². The second kappa shape index (κ2) is 9.16. The van der Waals surface area contributed by atoms with Crippen LogP contribution in [0.15, 0.2) is 40.4 Å². The molecule has 1 N–H and O–H groups in total. The van der Waals surface area contributed by atoms with Crippen LogP contribution in [0.5, 0.6) is 11.5 Å². The molecular formula is C20H24N2O2S2. The Bertz CT molecular complexity index is 815. The third kappa shape index (κ3) is 4.84. The van der Waals surface area contributed by atoms with Gasteiger partial charge in [-0.15, -0.1) is 11.3 Å². The molecule has 6 heteroatoms. The summed E-state index contributed by atoms with van der Waals surface area (Å²) in [5.74, 6) is 1.55. The highest BCUT2D eigenvalue weighted by molar-refractivity contribution is 7.09. The van der Waals surface area contributed by atoms with Gasteiger partial charge >= 0.3 is 0 Å². The predicted molar refractivity (Wildman–Crippen MR) is 109 cm³/mol. The number of hydrogen-bond acceptors (Lipinski definition) is 6. The molecule has 138 valence electrons. The van der Waals surface area contributed by atoms with E-state index in [2.05, 4.69) is 33.6 Å². The highest BCUT2D eigenvalue weighted by Gasteiger charge is 2.16. The van der Waals surface area contributed by atoms with Crippen LogP contribution >= 0.6 is 22.7 Å². The van der Waals surface area contributed by atoms with Crippen molar-refractivity contribution in [3.05, 3.63) is 62.2 Å². The van der Waals surface area contributed by atoms with Crippen molar-refractivity contribution in [3.8, 4) is 11.5 Å². The maximum absolute atomic E-state index is 5.69. The molecule has 1 aromatic carbocycles. The summed E-state index contributed by atoms with van der Waals surface area (Å²) in [5.41, 5.74) is 3.58. The first-order chi connectivity index (χ1) is 12.7. The van der Waals surface area contributed by atoms with Crippen LogP contribution in [-0.4, -0.2) is 18.7 Å². The number of thiazole rings is 1. The first-order valence-corrected chi connectivity index (χ1v) is 10.5. The maximum atomic E-state index is 5.69. The summed E-state index contributed by atoms with van der Waals surface area (Å²) in [4.78, 5) is 4.69. The zero-order chi connectivity index (χ0) is 18.4. The average molecular weight is 389 g/mol. The summed E-state index contributed by atoms with van der Waals surface area (Å²) < 4.78 is 11.1. The Morgan fingerprint density at radius 3 is 2.69 bits per heavy atom. The molecule has 0 aliphatic carbocycles. The van der Waals surface area contributed by atoms with E-state index < -0.39 is 0 Å². The Morgan fingerprint density at radius 2 is 2.04 bits per heavy atom. The van der Waals surface area contributed by atoms with Crippen molar-refractivity contribution >= 4 is 22.7 Å². The molecule has 0 amide bonds. The second-order valence-corrected chi connectivity index (χ2v) is 7.68. The van der Waals surface area contributed by atoms with E-state index in [1.54, 1.807) is 29.8 Å². The van der Waals surface area contributed by atoms with Crippen LogP contribution in [0.3, 0.4) is 0 Å². The molecule has 0 aliphatic rings. The number of rotatable bonds is 9. The molecule has 0 fully saturated rings. The van der Waals surface area contributed by atoms with E-state index in [4.69, 9.17) is 14.5 Å². The number of methoxy groups -OCH3 is 1. The number of nitrogens with zero attached hydrogens (tertiary/aromatic N) is 1. The summed E-state index contributed by atoms with van der Waals surface area (Å²) in [6.07, 6.45) is 0.935. The molecule has 3 rings (SSSR count). The highest BCUT2D eigenvalue weighted by atomic mass is 32.1. The van der Waals surface area contributed by atoms with Crippen molar-refractivity contribution in [1.82, 2.24) is 10.3 Å². The van der Waals surface area contributed by atoms with Crippen molar-refractivity contribution in [1.29, 1.82) is 0 Å². The molecule has 2 heterocycles. The van der Waals surface area contributed by atoms with Gasteiger partial charge in [-0.3, -0.25) is 0 Å². The molecule has 0 radical (unpaired) electrons. The van der Waals surface area contributed by atoms with E-state index in [-0.39, 0.29) is 6.04 Å². The van der Waals surface area contributed by atoms with Gasteiger partial charge in [0, 0.05) is 17.6 Å². The summed E-state index contributed by atoms with van der Waals surface area (Å²) in [6, 6.07) is 8.46. The highest BCUT2D eigenvalue weighted by Crippen LogP contribution is 2.29. The van der Waals surface area contributed by atoms with E-state index in [9.17, 15) is 0 Å². The molecule has 0 saturated heterocycles. The Kier molecular flexibility index (Phi) is 6.66. The van der Waals surface area contributed by atoms with Gasteiger partial charge in [0.25, 0.3) is 0 Å². The van der Waals surface area contributed by atoms with Crippen LogP contribution < -0.4 is 14.8 Å². The van der Waals surface area contributed by atoms with Crippen LogP contribution in [0, 0.1) is 6.92 Å². The van der Waals surface area contributed by atoms with Gasteiger partial charge in [0.1, 0.15) is 5.01 Å². The molecule has 0 bridgehead atoms. The molecule has 0 spiro atoms. The molecular weight excluding hydrogens is 364 g/mol. The van der Waals surface area contributed by atoms with E-state index in [0.717, 1.165) is 40.7 Å². The molecule has 4 nitrogen and oxygen atoms in total. The van der Waals surface area contributed by atoms with Gasteiger partial charge in [-0.05, 0) is 60.4 Å². The van der Waals surface area contributed by atoms with E-state index in [1.165, 1.54) is 5.56 Å². The number of hydrogen-bond donors (Lipinski definition) is 1. The number of ether oxygens (including phenoxy) is 2. The Labute approximate surface area is 162 Å². The average Bonchev–Trinajstić information content (AvgIpc) is 3.30. The zero-order valence-corrected chi connectivity index (χ0v) is 17.0. The van der Waals surface area contributed by atoms with Crippen LogP contribution in [-0.2, 0) is 13.0 Å². The molecule has 0 unspecified atom stereocenters. The lowest BCUT2D eigenvalue weighted by Crippen LogP contribution is -2.23. The summed E-state index contributed by atoms with van der Waals surface area (Å²) in [6.45, 7) is 5.38. The minimum atomic E-state index is 0.195. The number of benzene rings is 1. The fourth-order valence-electron chi connectivity index (χ4n) is 2.76. The molecule has 26 heavy (non-hydrogen) atoms. The van der Waals surface area contributed by atoms with E-state index >= 15 is 0 Å². The lowest BCUT2D eigenvalue weighted by Gasteiger charge is -2.17. The van der Waals surface area contributed by atoms with Gasteiger partial charge in [-0.2, -0.15) is 11.3 Å². The molecule has 0 aliphatic heterocycles. The maximum Gasteiger partial charge on any atom is 0.161 e. The second-order valence-electron chi connectivity index (χ2n) is 6.01. The smallest absolute Gasteiger partial charge is 0.161 e. The number of nitrogens with one attached hydrogen (secondary N) is 1. The standard InChI is InChI=1S/C20H24N2O2S2/c1-4-24-19-10-15(5-6-18(19)23-3)11-21-17(9-16-7-8-25-13-16)20-22-14(2)12-26-20/h5-8,10,12-13,17,21H,4,9,11H2,1-3H3/t17-/m0/s1. The lowest BCUT2D eigenvalue weighted by atomic mass is 10.1. The fraction of sp³-hybridized carbons (Fsp3) is 0.350. The summed E-state index contributed by atoms with van der Waals surface area (Å²) in [5, 5.41) is 11.2. The van der Waals surface area contributed by atoms with Gasteiger partial charge < -0.3 is 14.8 Å². The van der Waals surface area contributed by atoms with Gasteiger partial charge in [-0.1, -0.05) is 6.07 Å². The topological polar surface area (TPSA) is 43.4 Å². The summed E-state index contributed by atoms with van der Waals surface area (Å²) in [7, 11) is 1.66. The third-order valence-corrected chi connectivity index (χ3v) is 5.84. The van der Waals surface area contributed by atoms with E-state index in [1.807, 2.05) is 26.0 Å². The largest absolute Gasteiger partial charge is 0.493 e. The van der Waals surface area contributed by atoms with Gasteiger partial charge in [0.2, 0.25) is 0 Å². The first-order valence-electron chi connectivity index (χ1n) is 8.65. The minimum Gasteiger partial charge on any atom is -0.493 e. The van der Waals surface area contributed by atoms with Crippen LogP contribution in [0.1, 0.15) is 34.8 Å². The third-order valence-electron chi connectivity index (χ3n) is 4.04. The lowest BCUT2D eigenvalue weighted by molar-refractivity contribution is 0.310. The monoisotopic (exact) mass is 388 g/mol. The minimum absolute atomic E-state index is 0.195. The molecule has 2 aromatic heterocycles. The quantitative estimate of drug-likeness (QED) is 0.560. The van der Waals surface area contributed by atoms with Crippen molar-refractivity contribution in [2.75, 3.05) is 13.7 Å². The van der Waals surface area contributed by atoms with Crippen molar-refractivity contribution in [3.63, 3.8) is 0 Å². The van der Waals surface area contributed by atoms with Gasteiger partial charge in [-0.25, -0.2) is 4.98 Å². The predicted octanol–water partition coefficient (Wildman–Crippen LogP) is 4.99. The number of aryl methyl sites for hydroxylation is 1. The number of thiophene rings is 1. The Hall–Kier alpha value is -1.89. The summed E-state index contributed by atoms with van der Waals surface area (Å²) >= 11 is 3.45. The molecule has 0 saturated carbocycles. The van der Waals surface area contributed by atoms with E-state index in [0.29, 0.717) is 6.61 Å². The zero-order valence-electron chi connectivity index (χ0n) is 15.3. The normalized spacial score (nSPS) is 12.1. The first kappa shape index (κ1) is 18.9. The SMILES string of the molecule is CCOc1cc(CN[C@@H](Cc2ccsc2)c2nc(C)cs2)ccc1OC. The van der Waals surface area contributed by atoms with Crippen LogP contribution in [0.4, 0.5) is 0 Å². The van der Waals surface area contributed by atoms with Crippen molar-refractivity contribution < 1.29 is 9.47 Å². The molecule has 1 atom stereocenters. The molecule has 3 aromatic rings. The fourth-order valence-corrected chi connectivity index (χ4v) is 4.32.